The Balaban J connectivity index is 1.91. The minimum absolute atomic E-state index is 0.00609. The Morgan fingerprint density at radius 2 is 1.89 bits per heavy atom. The molecule has 1 atom stereocenters. The number of amides is 1. The smallest absolute Gasteiger partial charge is 0.254 e. The number of hydrogen-bond donors (Lipinski definition) is 0. The second-order valence-electron chi connectivity index (χ2n) is 6.80. The molecule has 1 unspecified atom stereocenters. The summed E-state index contributed by atoms with van der Waals surface area (Å²) in [6, 6.07) is 14.1. The summed E-state index contributed by atoms with van der Waals surface area (Å²) in [5.41, 5.74) is 1.37. The standard InChI is InChI=1S/C21H25NO5S/c1-3-27-20-9-5-7-17(13-20)21(23)22(18-10-11-28(24,25)15-18)14-16-6-4-8-19(12-16)26-2/h4-9,12-13,18H,3,10-11,14-15H2,1-2H3. The van der Waals surface area contributed by atoms with Crippen molar-refractivity contribution in [3.8, 4) is 11.5 Å². The van der Waals surface area contributed by atoms with Crippen molar-refractivity contribution in [2.45, 2.75) is 25.9 Å². The van der Waals surface area contributed by atoms with Gasteiger partial charge >= 0.3 is 0 Å². The van der Waals surface area contributed by atoms with E-state index in [4.69, 9.17) is 9.47 Å². The van der Waals surface area contributed by atoms with Crippen LogP contribution in [0.3, 0.4) is 0 Å². The molecule has 3 rings (SSSR count). The van der Waals surface area contributed by atoms with Gasteiger partial charge in [0.1, 0.15) is 11.5 Å². The van der Waals surface area contributed by atoms with Crippen LogP contribution in [0.2, 0.25) is 0 Å². The third kappa shape index (κ3) is 4.84. The molecule has 0 saturated carbocycles. The van der Waals surface area contributed by atoms with Crippen LogP contribution in [0.1, 0.15) is 29.3 Å². The van der Waals surface area contributed by atoms with Crippen molar-refractivity contribution >= 4 is 15.7 Å². The van der Waals surface area contributed by atoms with Gasteiger partial charge in [0, 0.05) is 18.2 Å². The van der Waals surface area contributed by atoms with Crippen LogP contribution in [0.15, 0.2) is 48.5 Å². The van der Waals surface area contributed by atoms with Crippen molar-refractivity contribution in [3.05, 3.63) is 59.7 Å². The summed E-state index contributed by atoms with van der Waals surface area (Å²) in [4.78, 5) is 15.0. The van der Waals surface area contributed by atoms with Crippen molar-refractivity contribution < 1.29 is 22.7 Å². The van der Waals surface area contributed by atoms with Gasteiger partial charge < -0.3 is 14.4 Å². The Kier molecular flexibility index (Phi) is 6.24. The zero-order valence-electron chi connectivity index (χ0n) is 16.1. The van der Waals surface area contributed by atoms with Crippen LogP contribution in [0.4, 0.5) is 0 Å². The van der Waals surface area contributed by atoms with Crippen LogP contribution in [0.25, 0.3) is 0 Å². The third-order valence-corrected chi connectivity index (χ3v) is 6.54. The molecule has 6 nitrogen and oxygen atoms in total. The van der Waals surface area contributed by atoms with E-state index in [1.807, 2.05) is 31.2 Å². The van der Waals surface area contributed by atoms with Crippen LogP contribution in [0.5, 0.6) is 11.5 Å². The average molecular weight is 404 g/mol. The lowest BCUT2D eigenvalue weighted by Crippen LogP contribution is -2.40. The van der Waals surface area contributed by atoms with Gasteiger partial charge in [0.25, 0.3) is 5.91 Å². The van der Waals surface area contributed by atoms with E-state index in [-0.39, 0.29) is 23.5 Å². The first-order valence-electron chi connectivity index (χ1n) is 9.29. The monoisotopic (exact) mass is 403 g/mol. The maximum atomic E-state index is 13.3. The number of ether oxygens (including phenoxy) is 2. The van der Waals surface area contributed by atoms with Gasteiger partial charge in [-0.3, -0.25) is 4.79 Å². The summed E-state index contributed by atoms with van der Waals surface area (Å²) in [5.74, 6) is 1.22. The third-order valence-electron chi connectivity index (χ3n) is 4.79. The highest BCUT2D eigenvalue weighted by Crippen LogP contribution is 2.25. The van der Waals surface area contributed by atoms with Gasteiger partial charge in [0.2, 0.25) is 0 Å². The maximum Gasteiger partial charge on any atom is 0.254 e. The predicted octanol–water partition coefficient (Wildman–Crippen LogP) is 2.92. The van der Waals surface area contributed by atoms with Crippen LogP contribution in [0, 0.1) is 0 Å². The summed E-state index contributed by atoms with van der Waals surface area (Å²) in [7, 11) is -1.53. The second-order valence-corrected chi connectivity index (χ2v) is 9.03. The molecule has 0 aliphatic carbocycles. The van der Waals surface area contributed by atoms with Gasteiger partial charge in [-0.05, 0) is 49.2 Å². The molecule has 2 aromatic carbocycles. The molecule has 7 heteroatoms. The Hall–Kier alpha value is -2.54. The zero-order valence-corrected chi connectivity index (χ0v) is 16.9. The van der Waals surface area contributed by atoms with Crippen LogP contribution in [-0.2, 0) is 16.4 Å². The van der Waals surface area contributed by atoms with Gasteiger partial charge in [-0.15, -0.1) is 0 Å². The van der Waals surface area contributed by atoms with Crippen molar-refractivity contribution in [1.82, 2.24) is 4.90 Å². The number of sulfone groups is 1. The average Bonchev–Trinajstić information content (AvgIpc) is 3.05. The molecule has 1 fully saturated rings. The maximum absolute atomic E-state index is 13.3. The van der Waals surface area contributed by atoms with E-state index < -0.39 is 9.84 Å². The van der Waals surface area contributed by atoms with E-state index in [2.05, 4.69) is 0 Å². The molecule has 0 N–H and O–H groups in total. The molecule has 1 aliphatic rings. The van der Waals surface area contributed by atoms with Crippen LogP contribution in [-0.4, -0.2) is 50.5 Å². The number of benzene rings is 2. The van der Waals surface area contributed by atoms with E-state index in [0.29, 0.717) is 36.6 Å². The van der Waals surface area contributed by atoms with E-state index >= 15 is 0 Å². The van der Waals surface area contributed by atoms with Crippen molar-refractivity contribution in [3.63, 3.8) is 0 Å². The number of rotatable bonds is 7. The first-order chi connectivity index (χ1) is 13.4. The summed E-state index contributed by atoms with van der Waals surface area (Å²) >= 11 is 0. The molecule has 1 amide bonds. The lowest BCUT2D eigenvalue weighted by molar-refractivity contribution is 0.0680. The molecule has 1 saturated heterocycles. The molecule has 2 aromatic rings. The van der Waals surface area contributed by atoms with Crippen molar-refractivity contribution in [2.24, 2.45) is 0 Å². The lowest BCUT2D eigenvalue weighted by atomic mass is 10.1. The van der Waals surface area contributed by atoms with E-state index in [0.717, 1.165) is 5.56 Å². The quantitative estimate of drug-likeness (QED) is 0.711. The summed E-state index contributed by atoms with van der Waals surface area (Å²) in [6.07, 6.45) is 0.448. The van der Waals surface area contributed by atoms with Gasteiger partial charge in [0.05, 0.1) is 25.2 Å². The van der Waals surface area contributed by atoms with Gasteiger partial charge in [-0.25, -0.2) is 8.42 Å². The first-order valence-corrected chi connectivity index (χ1v) is 11.1. The number of hydrogen-bond acceptors (Lipinski definition) is 5. The fourth-order valence-electron chi connectivity index (χ4n) is 3.41. The SMILES string of the molecule is CCOc1cccc(C(=O)N(Cc2cccc(OC)c2)C2CCS(=O)(=O)C2)c1. The summed E-state index contributed by atoms with van der Waals surface area (Å²) in [5, 5.41) is 0. The summed E-state index contributed by atoms with van der Waals surface area (Å²) in [6.45, 7) is 2.70. The number of methoxy groups -OCH3 is 1. The van der Waals surface area contributed by atoms with Crippen molar-refractivity contribution in [1.29, 1.82) is 0 Å². The molecular weight excluding hydrogens is 378 g/mol. The first kappa shape index (κ1) is 20.2. The van der Waals surface area contributed by atoms with E-state index in [9.17, 15) is 13.2 Å². The Bertz CT molecular complexity index is 941. The molecule has 28 heavy (non-hydrogen) atoms. The number of nitrogens with zero attached hydrogens (tertiary/aromatic N) is 1. The van der Waals surface area contributed by atoms with E-state index in [1.54, 1.807) is 36.3 Å². The molecule has 0 bridgehead atoms. The Morgan fingerprint density at radius 3 is 2.57 bits per heavy atom. The predicted molar refractivity (Wildman–Crippen MR) is 108 cm³/mol. The van der Waals surface area contributed by atoms with Gasteiger partial charge in [0.15, 0.2) is 9.84 Å². The highest BCUT2D eigenvalue weighted by Gasteiger charge is 2.35. The molecule has 0 aromatic heterocycles. The molecule has 1 aliphatic heterocycles. The fraction of sp³-hybridized carbons (Fsp3) is 0.381. The highest BCUT2D eigenvalue weighted by molar-refractivity contribution is 7.91. The Morgan fingerprint density at radius 1 is 1.14 bits per heavy atom. The molecular formula is C21H25NO5S. The normalized spacial score (nSPS) is 17.9. The minimum Gasteiger partial charge on any atom is -0.497 e. The number of carbonyl (C=O) groups is 1. The largest absolute Gasteiger partial charge is 0.497 e. The van der Waals surface area contributed by atoms with Crippen LogP contribution >= 0.6 is 0 Å². The molecule has 0 spiro atoms. The zero-order chi connectivity index (χ0) is 20.1. The fourth-order valence-corrected chi connectivity index (χ4v) is 5.14. The Labute approximate surface area is 166 Å². The van der Waals surface area contributed by atoms with Crippen LogP contribution < -0.4 is 9.47 Å². The minimum atomic E-state index is -3.12. The summed E-state index contributed by atoms with van der Waals surface area (Å²) < 4.78 is 34.8. The van der Waals surface area contributed by atoms with Gasteiger partial charge in [-0.2, -0.15) is 0 Å². The number of carbonyl (C=O) groups excluding carboxylic acids is 1. The molecule has 1 heterocycles. The van der Waals surface area contributed by atoms with Crippen molar-refractivity contribution in [2.75, 3.05) is 25.2 Å². The second kappa shape index (κ2) is 8.65. The van der Waals surface area contributed by atoms with E-state index in [1.165, 1.54) is 0 Å². The lowest BCUT2D eigenvalue weighted by Gasteiger charge is -2.29. The topological polar surface area (TPSA) is 72.9 Å². The van der Waals surface area contributed by atoms with Gasteiger partial charge in [-0.1, -0.05) is 18.2 Å². The molecule has 0 radical (unpaired) electrons. The highest BCUT2D eigenvalue weighted by atomic mass is 32.2. The molecule has 150 valence electrons.